The number of carbonyl (C=O) groups excluding carboxylic acids is 1. The van der Waals surface area contributed by atoms with Gasteiger partial charge in [0.2, 0.25) is 11.1 Å². The van der Waals surface area contributed by atoms with E-state index in [0.29, 0.717) is 11.4 Å². The fraction of sp³-hybridized carbons (Fsp3) is 0.391. The van der Waals surface area contributed by atoms with Crippen LogP contribution < -0.4 is 5.32 Å². The molecule has 1 fully saturated rings. The van der Waals surface area contributed by atoms with Crippen LogP contribution in [-0.4, -0.2) is 43.1 Å². The number of rotatable bonds is 7. The first-order valence-electron chi connectivity index (χ1n) is 10.7. The third-order valence-electron chi connectivity index (χ3n) is 5.58. The zero-order chi connectivity index (χ0) is 23.4. The van der Waals surface area contributed by atoms with Crippen molar-refractivity contribution in [3.8, 4) is 0 Å². The van der Waals surface area contributed by atoms with Crippen molar-refractivity contribution in [3.63, 3.8) is 0 Å². The zero-order valence-corrected chi connectivity index (χ0v) is 19.5. The summed E-state index contributed by atoms with van der Waals surface area (Å²) in [6.45, 7) is 3.59. The number of aliphatic hydroxyl groups is 1. The Bertz CT molecular complexity index is 1070. The molecule has 0 bridgehead atoms. The summed E-state index contributed by atoms with van der Waals surface area (Å²) in [6, 6.07) is 15.3. The van der Waals surface area contributed by atoms with Gasteiger partial charge >= 0.3 is 0 Å². The molecule has 9 nitrogen and oxygen atoms in total. The number of carbonyl (C=O) groups is 1. The van der Waals surface area contributed by atoms with E-state index >= 15 is 0 Å². The topological polar surface area (TPSA) is 111 Å². The second-order valence-electron chi connectivity index (χ2n) is 8.02. The van der Waals surface area contributed by atoms with Gasteiger partial charge in [0.1, 0.15) is 0 Å². The standard InChI is InChI=1S/C23H27N5O4S/c1-14-20(13-33-23-25-26-27-28(23)3)31-22(18-8-10-19(11-9-18)24-15(2)30)32-21(14)17-6-4-16(12-29)5-7-17/h4-11,14,20-22,29H,12-13H2,1-3H3,(H,24,30)/t14-,20+,21+,22+/m1/s1. The number of aromatic nitrogens is 4. The molecule has 2 heterocycles. The molecule has 0 aliphatic carbocycles. The van der Waals surface area contributed by atoms with Crippen LogP contribution in [0, 0.1) is 5.92 Å². The van der Waals surface area contributed by atoms with E-state index in [2.05, 4.69) is 27.8 Å². The number of tetrazole rings is 1. The number of nitrogens with one attached hydrogen (secondary N) is 1. The Hall–Kier alpha value is -2.79. The van der Waals surface area contributed by atoms with Gasteiger partial charge in [0, 0.05) is 36.9 Å². The highest BCUT2D eigenvalue weighted by Gasteiger charge is 2.38. The number of ether oxygens (including phenoxy) is 2. The minimum Gasteiger partial charge on any atom is -0.392 e. The van der Waals surface area contributed by atoms with Crippen LogP contribution in [0.25, 0.3) is 0 Å². The lowest BCUT2D eigenvalue weighted by atomic mass is 9.91. The van der Waals surface area contributed by atoms with Crippen molar-refractivity contribution >= 4 is 23.4 Å². The summed E-state index contributed by atoms with van der Waals surface area (Å²) in [5, 5.41) is 24.5. The number of aryl methyl sites for hydroxylation is 1. The molecule has 0 saturated carbocycles. The van der Waals surface area contributed by atoms with Gasteiger partial charge in [-0.25, -0.2) is 4.68 Å². The molecule has 2 aromatic carbocycles. The third kappa shape index (κ3) is 5.59. The molecule has 1 saturated heterocycles. The quantitative estimate of drug-likeness (QED) is 0.507. The van der Waals surface area contributed by atoms with Crippen molar-refractivity contribution in [2.75, 3.05) is 11.1 Å². The molecule has 1 aliphatic heterocycles. The predicted octanol–water partition coefficient (Wildman–Crippen LogP) is 3.24. The average Bonchev–Trinajstić information content (AvgIpc) is 3.23. The average molecular weight is 470 g/mol. The molecule has 2 N–H and O–H groups in total. The smallest absolute Gasteiger partial charge is 0.221 e. The molecule has 3 aromatic rings. The highest BCUT2D eigenvalue weighted by molar-refractivity contribution is 7.99. The van der Waals surface area contributed by atoms with Gasteiger partial charge in [-0.2, -0.15) is 0 Å². The van der Waals surface area contributed by atoms with Crippen LogP contribution >= 0.6 is 11.8 Å². The zero-order valence-electron chi connectivity index (χ0n) is 18.7. The van der Waals surface area contributed by atoms with E-state index in [-0.39, 0.29) is 30.6 Å². The van der Waals surface area contributed by atoms with Crippen molar-refractivity contribution in [1.29, 1.82) is 0 Å². The summed E-state index contributed by atoms with van der Waals surface area (Å²) in [5.41, 5.74) is 3.46. The van der Waals surface area contributed by atoms with E-state index in [9.17, 15) is 9.90 Å². The highest BCUT2D eigenvalue weighted by atomic mass is 32.2. The normalized spacial score (nSPS) is 22.8. The van der Waals surface area contributed by atoms with Crippen LogP contribution in [0.3, 0.4) is 0 Å². The third-order valence-corrected chi connectivity index (χ3v) is 6.68. The minimum atomic E-state index is -0.571. The van der Waals surface area contributed by atoms with Crippen LogP contribution in [0.15, 0.2) is 53.7 Å². The van der Waals surface area contributed by atoms with Crippen LogP contribution in [0.5, 0.6) is 0 Å². The van der Waals surface area contributed by atoms with Gasteiger partial charge in [-0.15, -0.1) is 5.10 Å². The Morgan fingerprint density at radius 2 is 1.82 bits per heavy atom. The Labute approximate surface area is 196 Å². The molecule has 4 rings (SSSR count). The maximum Gasteiger partial charge on any atom is 0.221 e. The van der Waals surface area contributed by atoms with Gasteiger partial charge in [-0.05, 0) is 33.7 Å². The summed E-state index contributed by atoms with van der Waals surface area (Å²) < 4.78 is 14.5. The molecule has 1 aromatic heterocycles. The Kier molecular flexibility index (Phi) is 7.39. The molecule has 1 aliphatic rings. The number of thioether (sulfide) groups is 1. The Morgan fingerprint density at radius 3 is 2.42 bits per heavy atom. The van der Waals surface area contributed by atoms with E-state index in [0.717, 1.165) is 21.8 Å². The first-order valence-corrected chi connectivity index (χ1v) is 11.7. The van der Waals surface area contributed by atoms with Gasteiger partial charge < -0.3 is 19.9 Å². The van der Waals surface area contributed by atoms with Crippen molar-refractivity contribution in [2.45, 2.75) is 44.1 Å². The van der Waals surface area contributed by atoms with Crippen molar-refractivity contribution < 1.29 is 19.4 Å². The van der Waals surface area contributed by atoms with Crippen molar-refractivity contribution in [1.82, 2.24) is 20.2 Å². The fourth-order valence-corrected chi connectivity index (χ4v) is 4.75. The van der Waals surface area contributed by atoms with Gasteiger partial charge in [0.15, 0.2) is 6.29 Å². The molecule has 174 valence electrons. The first-order chi connectivity index (χ1) is 15.9. The molecule has 4 atom stereocenters. The Balaban J connectivity index is 1.57. The summed E-state index contributed by atoms with van der Waals surface area (Å²) >= 11 is 1.54. The van der Waals surface area contributed by atoms with E-state index in [1.165, 1.54) is 18.7 Å². The van der Waals surface area contributed by atoms with Crippen LogP contribution in [0.1, 0.15) is 42.9 Å². The van der Waals surface area contributed by atoms with E-state index < -0.39 is 6.29 Å². The molecule has 33 heavy (non-hydrogen) atoms. The second-order valence-corrected chi connectivity index (χ2v) is 9.01. The van der Waals surface area contributed by atoms with Crippen molar-refractivity contribution in [3.05, 3.63) is 65.2 Å². The maximum atomic E-state index is 11.3. The second kappa shape index (κ2) is 10.4. The Morgan fingerprint density at radius 1 is 1.12 bits per heavy atom. The molecule has 0 spiro atoms. The maximum absolute atomic E-state index is 11.3. The molecule has 10 heteroatoms. The van der Waals surface area contributed by atoms with Gasteiger partial charge in [-0.3, -0.25) is 4.79 Å². The summed E-state index contributed by atoms with van der Waals surface area (Å²) in [5.74, 6) is 0.599. The van der Waals surface area contributed by atoms with E-state index in [1.54, 1.807) is 4.68 Å². The minimum absolute atomic E-state index is 0.00125. The number of amides is 1. The number of hydrogen-bond acceptors (Lipinski definition) is 8. The summed E-state index contributed by atoms with van der Waals surface area (Å²) in [6.07, 6.45) is -0.893. The molecular formula is C23H27N5O4S. The number of nitrogens with zero attached hydrogens (tertiary/aromatic N) is 4. The largest absolute Gasteiger partial charge is 0.392 e. The van der Waals surface area contributed by atoms with E-state index in [1.807, 2.05) is 55.6 Å². The van der Waals surface area contributed by atoms with Gasteiger partial charge in [0.05, 0.1) is 18.8 Å². The van der Waals surface area contributed by atoms with Gasteiger partial charge in [0.25, 0.3) is 0 Å². The molecule has 1 amide bonds. The number of hydrogen-bond donors (Lipinski definition) is 2. The SMILES string of the molecule is CC(=O)Nc1ccc([C@H]2O[C@@H](CSc3nnnn3C)[C@@H](C)[C@@H](c3ccc(CO)cc3)O2)cc1. The predicted molar refractivity (Wildman–Crippen MR) is 123 cm³/mol. The van der Waals surface area contributed by atoms with Crippen molar-refractivity contribution in [2.24, 2.45) is 13.0 Å². The molecular weight excluding hydrogens is 442 g/mol. The lowest BCUT2D eigenvalue weighted by Gasteiger charge is -2.41. The highest BCUT2D eigenvalue weighted by Crippen LogP contribution is 2.42. The van der Waals surface area contributed by atoms with Gasteiger partial charge in [-0.1, -0.05) is 55.1 Å². The molecule has 0 unspecified atom stereocenters. The first kappa shape index (κ1) is 23.4. The molecule has 0 radical (unpaired) electrons. The van der Waals surface area contributed by atoms with Crippen LogP contribution in [0.2, 0.25) is 0 Å². The summed E-state index contributed by atoms with van der Waals surface area (Å²) in [4.78, 5) is 11.3. The van der Waals surface area contributed by atoms with E-state index in [4.69, 9.17) is 9.47 Å². The summed E-state index contributed by atoms with van der Waals surface area (Å²) in [7, 11) is 1.81. The van der Waals surface area contributed by atoms with Crippen LogP contribution in [-0.2, 0) is 27.9 Å². The lowest BCUT2D eigenvalue weighted by molar-refractivity contribution is -0.268. The van der Waals surface area contributed by atoms with Crippen LogP contribution in [0.4, 0.5) is 5.69 Å². The number of aliphatic hydroxyl groups excluding tert-OH is 1. The monoisotopic (exact) mass is 469 g/mol. The lowest BCUT2D eigenvalue weighted by Crippen LogP contribution is -2.38. The number of anilines is 1. The number of benzene rings is 2. The fourth-order valence-electron chi connectivity index (χ4n) is 3.74.